The first-order valence-corrected chi connectivity index (χ1v) is 9.74. The highest BCUT2D eigenvalue weighted by Crippen LogP contribution is 2.37. The van der Waals surface area contributed by atoms with E-state index in [0.29, 0.717) is 24.7 Å². The Kier molecular flexibility index (Phi) is 6.05. The number of nitrogens with two attached hydrogens (primary N) is 1. The highest BCUT2D eigenvalue weighted by Gasteiger charge is 2.31. The zero-order chi connectivity index (χ0) is 21.8. The average molecular weight is 426 g/mol. The highest BCUT2D eigenvalue weighted by atomic mass is 16.6. The minimum atomic E-state index is -0.536. The van der Waals surface area contributed by atoms with Gasteiger partial charge in [0.1, 0.15) is 12.5 Å². The van der Waals surface area contributed by atoms with Crippen molar-refractivity contribution in [2.45, 2.75) is 26.0 Å². The van der Waals surface area contributed by atoms with E-state index in [1.165, 1.54) is 0 Å². The molecule has 0 bridgehead atoms. The number of aromatic nitrogens is 3. The maximum atomic E-state index is 12.1. The van der Waals surface area contributed by atoms with Crippen molar-refractivity contribution in [3.63, 3.8) is 0 Å². The topological polar surface area (TPSA) is 143 Å². The van der Waals surface area contributed by atoms with E-state index >= 15 is 0 Å². The minimum absolute atomic E-state index is 0.0100. The molecule has 31 heavy (non-hydrogen) atoms. The van der Waals surface area contributed by atoms with E-state index in [2.05, 4.69) is 15.0 Å². The lowest BCUT2D eigenvalue weighted by atomic mass is 10.2. The number of nitrogens with zero attached hydrogens (tertiary/aromatic N) is 5. The largest absolute Gasteiger partial charge is 0.459 e. The van der Waals surface area contributed by atoms with Gasteiger partial charge in [-0.05, 0) is 37.6 Å². The summed E-state index contributed by atoms with van der Waals surface area (Å²) in [6, 6.07) is 8.77. The molecule has 1 aliphatic rings. The summed E-state index contributed by atoms with van der Waals surface area (Å²) in [5, 5.41) is 12.1. The van der Waals surface area contributed by atoms with Crippen LogP contribution in [0.25, 0.3) is 11.5 Å². The number of anilines is 2. The number of rotatable bonds is 8. The van der Waals surface area contributed by atoms with Crippen LogP contribution in [0.2, 0.25) is 0 Å². The third-order valence-electron chi connectivity index (χ3n) is 4.77. The SMILES string of the molecule is Cc1ccc(-c2nc(N)nc(N(CO[C@H]3CCOC3)Cc3ccccn3)c2[N+](=O)[O-])o1. The molecule has 3 aromatic heterocycles. The smallest absolute Gasteiger partial charge is 0.341 e. The van der Waals surface area contributed by atoms with Gasteiger partial charge < -0.3 is 24.5 Å². The summed E-state index contributed by atoms with van der Waals surface area (Å²) in [6.45, 7) is 3.10. The maximum absolute atomic E-state index is 12.1. The summed E-state index contributed by atoms with van der Waals surface area (Å²) in [6.07, 6.45) is 2.30. The minimum Gasteiger partial charge on any atom is -0.459 e. The fraction of sp³-hybridized carbons (Fsp3) is 0.350. The number of ether oxygens (including phenoxy) is 2. The van der Waals surface area contributed by atoms with E-state index in [1.54, 1.807) is 36.2 Å². The Labute approximate surface area is 178 Å². The van der Waals surface area contributed by atoms with E-state index in [-0.39, 0.29) is 48.3 Å². The van der Waals surface area contributed by atoms with Crippen molar-refractivity contribution >= 4 is 17.5 Å². The summed E-state index contributed by atoms with van der Waals surface area (Å²) < 4.78 is 16.9. The lowest BCUT2D eigenvalue weighted by Crippen LogP contribution is -2.31. The zero-order valence-corrected chi connectivity index (χ0v) is 16.9. The molecule has 0 spiro atoms. The molecule has 1 aliphatic heterocycles. The maximum Gasteiger partial charge on any atom is 0.341 e. The molecular formula is C20H22N6O5. The molecule has 1 fully saturated rings. The molecule has 0 aliphatic carbocycles. The molecular weight excluding hydrogens is 404 g/mol. The van der Waals surface area contributed by atoms with Crippen molar-refractivity contribution in [3.8, 4) is 11.5 Å². The number of aryl methyl sites for hydroxylation is 1. The van der Waals surface area contributed by atoms with E-state index < -0.39 is 4.92 Å². The van der Waals surface area contributed by atoms with Gasteiger partial charge in [-0.15, -0.1) is 0 Å². The van der Waals surface area contributed by atoms with Crippen LogP contribution in [-0.2, 0) is 16.0 Å². The summed E-state index contributed by atoms with van der Waals surface area (Å²) in [7, 11) is 0. The van der Waals surface area contributed by atoms with E-state index in [0.717, 1.165) is 6.42 Å². The molecule has 3 aromatic rings. The molecule has 11 nitrogen and oxygen atoms in total. The quantitative estimate of drug-likeness (QED) is 0.324. The van der Waals surface area contributed by atoms with Crippen LogP contribution in [0, 0.1) is 17.0 Å². The van der Waals surface area contributed by atoms with E-state index in [4.69, 9.17) is 19.6 Å². The lowest BCUT2D eigenvalue weighted by Gasteiger charge is -2.25. The Morgan fingerprint density at radius 1 is 1.32 bits per heavy atom. The second-order valence-corrected chi connectivity index (χ2v) is 7.07. The molecule has 1 atom stereocenters. The van der Waals surface area contributed by atoms with Gasteiger partial charge in [0.15, 0.2) is 11.5 Å². The normalized spacial score (nSPS) is 15.8. The monoisotopic (exact) mass is 426 g/mol. The molecule has 4 heterocycles. The van der Waals surface area contributed by atoms with Crippen LogP contribution in [0.1, 0.15) is 17.9 Å². The number of nitro groups is 1. The average Bonchev–Trinajstić information content (AvgIpc) is 3.42. The van der Waals surface area contributed by atoms with Crippen LogP contribution < -0.4 is 10.6 Å². The van der Waals surface area contributed by atoms with Crippen molar-refractivity contribution in [2.75, 3.05) is 30.6 Å². The van der Waals surface area contributed by atoms with Crippen LogP contribution >= 0.6 is 0 Å². The van der Waals surface area contributed by atoms with Gasteiger partial charge in [0, 0.05) is 12.8 Å². The Bertz CT molecular complexity index is 1050. The van der Waals surface area contributed by atoms with Gasteiger partial charge in [0.25, 0.3) is 0 Å². The van der Waals surface area contributed by atoms with Crippen LogP contribution in [-0.4, -0.2) is 45.9 Å². The summed E-state index contributed by atoms with van der Waals surface area (Å²) in [5.41, 5.74) is 6.32. The molecule has 1 saturated heterocycles. The molecule has 0 saturated carbocycles. The van der Waals surface area contributed by atoms with Crippen LogP contribution in [0.5, 0.6) is 0 Å². The fourth-order valence-electron chi connectivity index (χ4n) is 3.29. The lowest BCUT2D eigenvalue weighted by molar-refractivity contribution is -0.383. The molecule has 0 unspecified atom stereocenters. The predicted octanol–water partition coefficient (Wildman–Crippen LogP) is 2.70. The van der Waals surface area contributed by atoms with Crippen LogP contribution in [0.15, 0.2) is 40.9 Å². The van der Waals surface area contributed by atoms with Gasteiger partial charge in [-0.1, -0.05) is 6.07 Å². The Balaban J connectivity index is 1.76. The van der Waals surface area contributed by atoms with Crippen LogP contribution in [0.3, 0.4) is 0 Å². The van der Waals surface area contributed by atoms with Gasteiger partial charge in [0.05, 0.1) is 29.9 Å². The summed E-state index contributed by atoms with van der Waals surface area (Å²) in [4.78, 5) is 25.8. The Morgan fingerprint density at radius 2 is 2.19 bits per heavy atom. The molecule has 4 rings (SSSR count). The molecule has 0 radical (unpaired) electrons. The predicted molar refractivity (Wildman–Crippen MR) is 111 cm³/mol. The molecule has 0 amide bonds. The first-order valence-electron chi connectivity index (χ1n) is 9.74. The van der Waals surface area contributed by atoms with Gasteiger partial charge in [-0.3, -0.25) is 15.1 Å². The van der Waals surface area contributed by atoms with E-state index in [1.807, 2.05) is 12.1 Å². The fourth-order valence-corrected chi connectivity index (χ4v) is 3.29. The van der Waals surface area contributed by atoms with Gasteiger partial charge in [0.2, 0.25) is 11.8 Å². The zero-order valence-electron chi connectivity index (χ0n) is 16.9. The van der Waals surface area contributed by atoms with Gasteiger partial charge in [-0.2, -0.15) is 4.98 Å². The van der Waals surface area contributed by atoms with Crippen LogP contribution in [0.4, 0.5) is 17.5 Å². The highest BCUT2D eigenvalue weighted by molar-refractivity contribution is 5.76. The molecule has 0 aromatic carbocycles. The second kappa shape index (κ2) is 9.06. The Morgan fingerprint density at radius 3 is 2.84 bits per heavy atom. The van der Waals surface area contributed by atoms with Crippen molar-refractivity contribution in [2.24, 2.45) is 0 Å². The second-order valence-electron chi connectivity index (χ2n) is 7.07. The van der Waals surface area contributed by atoms with E-state index in [9.17, 15) is 10.1 Å². The number of nitrogen functional groups attached to an aromatic ring is 1. The number of furan rings is 1. The molecule has 11 heteroatoms. The van der Waals surface area contributed by atoms with Crippen molar-refractivity contribution < 1.29 is 18.8 Å². The number of hydrogen-bond donors (Lipinski definition) is 1. The first-order chi connectivity index (χ1) is 15.0. The first kappa shape index (κ1) is 20.7. The van der Waals surface area contributed by atoms with Crippen molar-refractivity contribution in [3.05, 3.63) is 58.1 Å². The van der Waals surface area contributed by atoms with Gasteiger partial charge in [-0.25, -0.2) is 4.98 Å². The number of hydrogen-bond acceptors (Lipinski definition) is 10. The van der Waals surface area contributed by atoms with Gasteiger partial charge >= 0.3 is 5.69 Å². The Hall–Kier alpha value is -3.57. The standard InChI is InChI=1S/C20H22N6O5/c1-13-5-6-16(31-13)17-18(26(27)28)19(24-20(21)23-17)25(10-14-4-2-3-8-22-14)12-30-15-7-9-29-11-15/h2-6,8,15H,7,9-12H2,1H3,(H2,21,23,24)/t15-/m0/s1. The summed E-state index contributed by atoms with van der Waals surface area (Å²) in [5.74, 6) is 0.756. The third-order valence-corrected chi connectivity index (χ3v) is 4.77. The van der Waals surface area contributed by atoms with Crippen molar-refractivity contribution in [1.82, 2.24) is 15.0 Å². The molecule has 162 valence electrons. The molecule has 2 N–H and O–H groups in total. The third kappa shape index (κ3) is 4.78. The summed E-state index contributed by atoms with van der Waals surface area (Å²) >= 11 is 0. The van der Waals surface area contributed by atoms with Crippen molar-refractivity contribution in [1.29, 1.82) is 0 Å². The number of pyridine rings is 1.